The minimum atomic E-state index is -1.17. The zero-order valence-electron chi connectivity index (χ0n) is 21.3. The molecule has 1 aromatic carbocycles. The Bertz CT molecular complexity index is 1090. The lowest BCUT2D eigenvalue weighted by molar-refractivity contribution is -0.131. The van der Waals surface area contributed by atoms with Gasteiger partial charge in [-0.15, -0.1) is 0 Å². The molecule has 2 aromatic rings. The molecule has 1 aliphatic rings. The molecule has 0 fully saturated rings. The van der Waals surface area contributed by atoms with Crippen molar-refractivity contribution >= 4 is 23.6 Å². The maximum atomic E-state index is 13.1. The molecular formula is C26H34N6O5. The quantitative estimate of drug-likeness (QED) is 0.448. The monoisotopic (exact) mass is 510 g/mol. The molecule has 0 aliphatic carbocycles. The highest BCUT2D eigenvalue weighted by Crippen LogP contribution is 2.19. The van der Waals surface area contributed by atoms with Crippen molar-refractivity contribution in [3.8, 4) is 5.75 Å². The van der Waals surface area contributed by atoms with Crippen LogP contribution in [0.25, 0.3) is 0 Å². The Hall–Kier alpha value is -4.02. The fourth-order valence-corrected chi connectivity index (χ4v) is 3.86. The third-order valence-corrected chi connectivity index (χ3v) is 5.68. The number of aromatic nitrogens is 2. The Morgan fingerprint density at radius 3 is 2.65 bits per heavy atom. The van der Waals surface area contributed by atoms with Crippen LogP contribution in [0, 0.1) is 5.92 Å². The van der Waals surface area contributed by atoms with Gasteiger partial charge in [-0.25, -0.2) is 0 Å². The first kappa shape index (κ1) is 27.6. The molecule has 1 aliphatic heterocycles. The molecule has 198 valence electrons. The first-order valence-corrected chi connectivity index (χ1v) is 12.4. The summed E-state index contributed by atoms with van der Waals surface area (Å²) in [6.45, 7) is 6.03. The van der Waals surface area contributed by atoms with Gasteiger partial charge in [0.2, 0.25) is 17.7 Å². The van der Waals surface area contributed by atoms with Crippen molar-refractivity contribution in [1.29, 1.82) is 0 Å². The Kier molecular flexibility index (Phi) is 9.93. The number of fused-ring (bicyclic) bond motifs is 1. The third kappa shape index (κ3) is 8.55. The number of hydrogen-bond acceptors (Lipinski definition) is 7. The number of nitrogens with one attached hydrogen (secondary N) is 4. The minimum Gasteiger partial charge on any atom is -0.491 e. The third-order valence-electron chi connectivity index (χ3n) is 5.68. The molecule has 4 N–H and O–H groups in total. The number of ether oxygens (including phenoxy) is 1. The molecular weight excluding hydrogens is 476 g/mol. The maximum Gasteiger partial charge on any atom is 0.255 e. The topological polar surface area (TPSA) is 151 Å². The molecule has 11 nitrogen and oxygen atoms in total. The van der Waals surface area contributed by atoms with Gasteiger partial charge < -0.3 is 26.0 Å². The van der Waals surface area contributed by atoms with E-state index < -0.39 is 29.8 Å². The van der Waals surface area contributed by atoms with E-state index in [1.807, 2.05) is 13.8 Å². The number of rotatable bonds is 6. The lowest BCUT2D eigenvalue weighted by Crippen LogP contribution is -2.54. The lowest BCUT2D eigenvalue weighted by atomic mass is 10.0. The van der Waals surface area contributed by atoms with E-state index in [-0.39, 0.29) is 43.0 Å². The molecule has 4 amide bonds. The summed E-state index contributed by atoms with van der Waals surface area (Å²) in [6.07, 6.45) is 5.21. The van der Waals surface area contributed by atoms with Crippen LogP contribution in [0.2, 0.25) is 0 Å². The summed E-state index contributed by atoms with van der Waals surface area (Å²) in [5.41, 5.74) is 0.909. The molecule has 0 bridgehead atoms. The van der Waals surface area contributed by atoms with Crippen LogP contribution < -0.4 is 26.0 Å². The summed E-state index contributed by atoms with van der Waals surface area (Å²) in [4.78, 5) is 60.2. The largest absolute Gasteiger partial charge is 0.491 e. The van der Waals surface area contributed by atoms with Crippen LogP contribution in [0.3, 0.4) is 0 Å². The van der Waals surface area contributed by atoms with E-state index in [9.17, 15) is 19.2 Å². The van der Waals surface area contributed by atoms with Gasteiger partial charge in [-0.1, -0.05) is 26.0 Å². The molecule has 0 radical (unpaired) electrons. The molecule has 0 saturated heterocycles. The predicted molar refractivity (Wildman–Crippen MR) is 136 cm³/mol. The average molecular weight is 511 g/mol. The first-order valence-electron chi connectivity index (χ1n) is 12.4. The van der Waals surface area contributed by atoms with E-state index in [1.54, 1.807) is 49.8 Å². The van der Waals surface area contributed by atoms with E-state index in [4.69, 9.17) is 4.74 Å². The van der Waals surface area contributed by atoms with E-state index in [0.717, 1.165) is 0 Å². The predicted octanol–water partition coefficient (Wildman–Crippen LogP) is 0.752. The number of hydrogen-bond donors (Lipinski definition) is 4. The molecule has 11 heteroatoms. The Balaban J connectivity index is 1.82. The second-order valence-corrected chi connectivity index (χ2v) is 9.43. The van der Waals surface area contributed by atoms with Crippen molar-refractivity contribution < 1.29 is 23.9 Å². The number of carbonyl (C=O) groups is 4. The highest BCUT2D eigenvalue weighted by molar-refractivity contribution is 6.01. The van der Waals surface area contributed by atoms with Crippen LogP contribution in [0.15, 0.2) is 42.9 Å². The molecule has 2 heterocycles. The standard InChI is InChI=1S/C26H34N6O5/c1-16(2)12-20-26(36)30-17(3)15-37-22-7-5-4-6-19(22)24(34)32-21(13-23(33)31-20)25(35)29-9-8-18-14-27-10-11-28-18/h4-7,10-11,14,16-17,20-21H,8-9,12-13,15H2,1-3H3,(H,29,35)(H,30,36)(H,31,33)(H,32,34)/t17-,20+,21+/m1/s1. The summed E-state index contributed by atoms with van der Waals surface area (Å²) < 4.78 is 5.83. The van der Waals surface area contributed by atoms with E-state index in [0.29, 0.717) is 24.3 Å². The van der Waals surface area contributed by atoms with Crippen LogP contribution >= 0.6 is 0 Å². The highest BCUT2D eigenvalue weighted by atomic mass is 16.5. The van der Waals surface area contributed by atoms with Crippen LogP contribution in [0.4, 0.5) is 0 Å². The molecule has 1 aromatic heterocycles. The van der Waals surface area contributed by atoms with Gasteiger partial charge in [0.1, 0.15) is 24.4 Å². The number of amides is 4. The molecule has 0 unspecified atom stereocenters. The summed E-state index contributed by atoms with van der Waals surface area (Å²) in [5, 5.41) is 11.0. The van der Waals surface area contributed by atoms with Crippen LogP contribution in [-0.2, 0) is 20.8 Å². The summed E-state index contributed by atoms with van der Waals surface area (Å²) in [7, 11) is 0. The number of nitrogens with zero attached hydrogens (tertiary/aromatic N) is 2. The van der Waals surface area contributed by atoms with Gasteiger partial charge in [-0.2, -0.15) is 0 Å². The minimum absolute atomic E-state index is 0.116. The van der Waals surface area contributed by atoms with Gasteiger partial charge in [-0.3, -0.25) is 29.1 Å². The fourth-order valence-electron chi connectivity index (χ4n) is 3.86. The fraction of sp³-hybridized carbons (Fsp3) is 0.462. The van der Waals surface area contributed by atoms with Crippen LogP contribution in [-0.4, -0.2) is 64.9 Å². The van der Waals surface area contributed by atoms with Crippen molar-refractivity contribution in [2.75, 3.05) is 13.2 Å². The first-order chi connectivity index (χ1) is 17.7. The number of para-hydroxylation sites is 1. The Morgan fingerprint density at radius 2 is 1.92 bits per heavy atom. The van der Waals surface area contributed by atoms with Crippen molar-refractivity contribution in [3.63, 3.8) is 0 Å². The molecule has 3 rings (SSSR count). The summed E-state index contributed by atoms with van der Waals surface area (Å²) in [6, 6.07) is 4.27. The normalized spacial score (nSPS) is 21.0. The zero-order valence-corrected chi connectivity index (χ0v) is 21.3. The van der Waals surface area contributed by atoms with Gasteiger partial charge in [0, 0.05) is 31.6 Å². The van der Waals surface area contributed by atoms with Crippen LogP contribution in [0.1, 0.15) is 49.7 Å². The van der Waals surface area contributed by atoms with E-state index in [1.165, 1.54) is 0 Å². The van der Waals surface area contributed by atoms with E-state index >= 15 is 0 Å². The van der Waals surface area contributed by atoms with Gasteiger partial charge in [0.15, 0.2) is 0 Å². The molecule has 0 spiro atoms. The smallest absolute Gasteiger partial charge is 0.255 e. The second-order valence-electron chi connectivity index (χ2n) is 9.43. The van der Waals surface area contributed by atoms with Crippen molar-refractivity contribution in [2.45, 2.75) is 58.2 Å². The molecule has 37 heavy (non-hydrogen) atoms. The summed E-state index contributed by atoms with van der Waals surface area (Å²) >= 11 is 0. The maximum absolute atomic E-state index is 13.1. The van der Waals surface area contributed by atoms with Gasteiger partial charge in [0.25, 0.3) is 5.91 Å². The summed E-state index contributed by atoms with van der Waals surface area (Å²) in [5.74, 6) is -1.50. The van der Waals surface area contributed by atoms with Gasteiger partial charge >= 0.3 is 0 Å². The SMILES string of the molecule is CC(C)C[C@@H]1NC(=O)C[C@@H](C(=O)NCCc2cnccn2)NC(=O)c2ccccc2OC[C@@H](C)NC1=O. The van der Waals surface area contributed by atoms with E-state index in [2.05, 4.69) is 31.2 Å². The number of carbonyl (C=O) groups excluding carboxylic acids is 4. The molecule has 3 atom stereocenters. The number of benzene rings is 1. The second kappa shape index (κ2) is 13.3. The van der Waals surface area contributed by atoms with Gasteiger partial charge in [-0.05, 0) is 31.4 Å². The van der Waals surface area contributed by atoms with Crippen molar-refractivity contribution in [3.05, 3.63) is 54.1 Å². The average Bonchev–Trinajstić information content (AvgIpc) is 2.86. The lowest BCUT2D eigenvalue weighted by Gasteiger charge is -2.25. The van der Waals surface area contributed by atoms with Crippen molar-refractivity contribution in [1.82, 2.24) is 31.2 Å². The zero-order chi connectivity index (χ0) is 26.8. The van der Waals surface area contributed by atoms with Crippen LogP contribution in [0.5, 0.6) is 5.75 Å². The Labute approximate surface area is 216 Å². The van der Waals surface area contributed by atoms with Crippen molar-refractivity contribution in [2.24, 2.45) is 5.92 Å². The van der Waals surface area contributed by atoms with Gasteiger partial charge in [0.05, 0.1) is 23.7 Å². The Morgan fingerprint density at radius 1 is 1.14 bits per heavy atom. The highest BCUT2D eigenvalue weighted by Gasteiger charge is 2.29. The molecule has 0 saturated carbocycles.